The molecule has 0 spiro atoms. The smallest absolute Gasteiger partial charge is 0.207 e. The Labute approximate surface area is 91.7 Å². The summed E-state index contributed by atoms with van der Waals surface area (Å²) >= 11 is 17.5. The Morgan fingerprint density at radius 1 is 1.15 bits per heavy atom. The van der Waals surface area contributed by atoms with E-state index in [-0.39, 0.29) is 11.4 Å². The number of halogens is 4. The predicted octanol–water partition coefficient (Wildman–Crippen LogP) is 4.12. The molecule has 0 N–H and O–H groups in total. The highest BCUT2D eigenvalue weighted by Gasteiger charge is 2.34. The van der Waals surface area contributed by atoms with Gasteiger partial charge in [0.25, 0.3) is 0 Å². The number of benzene rings is 1. The zero-order chi connectivity index (χ0) is 10.1. The molecule has 1 rings (SSSR count). The van der Waals surface area contributed by atoms with E-state index >= 15 is 0 Å². The second kappa shape index (κ2) is 4.18. The molecule has 0 bridgehead atoms. The molecule has 1 atom stereocenters. The first-order valence-electron chi connectivity index (χ1n) is 3.73. The topological polar surface area (TPSA) is 0 Å². The second-order valence-corrected chi connectivity index (χ2v) is 11.9. The first-order valence-corrected chi connectivity index (χ1v) is 8.84. The summed E-state index contributed by atoms with van der Waals surface area (Å²) in [6.07, 6.45) is 0. The van der Waals surface area contributed by atoms with Gasteiger partial charge in [0.1, 0.15) is 5.82 Å². The SMILES string of the molecule is C[C@@H](c1ccc(F)cc1)[Si](Cl)(Cl)Cl. The Morgan fingerprint density at radius 2 is 1.62 bits per heavy atom. The lowest BCUT2D eigenvalue weighted by atomic mass is 10.2. The van der Waals surface area contributed by atoms with E-state index in [0.29, 0.717) is 0 Å². The minimum atomic E-state index is -2.72. The van der Waals surface area contributed by atoms with Crippen LogP contribution in [0.4, 0.5) is 4.39 Å². The van der Waals surface area contributed by atoms with Crippen molar-refractivity contribution in [3.05, 3.63) is 35.6 Å². The summed E-state index contributed by atoms with van der Waals surface area (Å²) in [6, 6.07) is 3.31. The van der Waals surface area contributed by atoms with Crippen LogP contribution in [0.15, 0.2) is 24.3 Å². The molecule has 13 heavy (non-hydrogen) atoms. The highest BCUT2D eigenvalue weighted by molar-refractivity contribution is 7.65. The summed E-state index contributed by atoms with van der Waals surface area (Å²) in [5.41, 5.74) is 0.756. The van der Waals surface area contributed by atoms with Gasteiger partial charge < -0.3 is 0 Å². The molecular formula is C8H8Cl3FSi. The van der Waals surface area contributed by atoms with E-state index in [4.69, 9.17) is 33.2 Å². The third-order valence-electron chi connectivity index (χ3n) is 1.86. The summed E-state index contributed by atoms with van der Waals surface area (Å²) in [7, 11) is 0. The zero-order valence-corrected chi connectivity index (χ0v) is 10.2. The normalized spacial score (nSPS) is 14.2. The first-order chi connectivity index (χ1) is 5.91. The molecule has 72 valence electrons. The fourth-order valence-electron chi connectivity index (χ4n) is 0.940. The molecule has 0 radical (unpaired) electrons. The highest BCUT2D eigenvalue weighted by atomic mass is 35.8. The van der Waals surface area contributed by atoms with Gasteiger partial charge in [-0.25, -0.2) is 4.39 Å². The fraction of sp³-hybridized carbons (Fsp3) is 0.250. The van der Waals surface area contributed by atoms with Gasteiger partial charge in [0.05, 0.1) is 0 Å². The Bertz CT molecular complexity index is 280. The van der Waals surface area contributed by atoms with E-state index in [9.17, 15) is 4.39 Å². The van der Waals surface area contributed by atoms with Crippen molar-refractivity contribution in [3.8, 4) is 0 Å². The van der Waals surface area contributed by atoms with Gasteiger partial charge in [-0.1, -0.05) is 19.1 Å². The Balaban J connectivity index is 2.90. The predicted molar refractivity (Wildman–Crippen MR) is 58.1 cm³/mol. The Hall–Kier alpha value is 0.237. The van der Waals surface area contributed by atoms with E-state index in [1.54, 1.807) is 12.1 Å². The summed E-state index contributed by atoms with van der Waals surface area (Å²) in [5.74, 6) is -0.276. The maximum absolute atomic E-state index is 12.6. The fourth-order valence-corrected chi connectivity index (χ4v) is 2.64. The van der Waals surface area contributed by atoms with Gasteiger partial charge in [-0.15, -0.1) is 33.2 Å². The van der Waals surface area contributed by atoms with Crippen LogP contribution in [0.3, 0.4) is 0 Å². The lowest BCUT2D eigenvalue weighted by Crippen LogP contribution is -2.20. The van der Waals surface area contributed by atoms with Gasteiger partial charge in [0, 0.05) is 5.54 Å². The van der Waals surface area contributed by atoms with Gasteiger partial charge in [-0.3, -0.25) is 0 Å². The third kappa shape index (κ3) is 3.13. The van der Waals surface area contributed by atoms with Gasteiger partial charge >= 0.3 is 6.00 Å². The molecule has 0 fully saturated rings. The molecular weight excluding hydrogens is 250 g/mol. The Morgan fingerprint density at radius 3 is 2.00 bits per heavy atom. The Kier molecular flexibility index (Phi) is 3.63. The van der Waals surface area contributed by atoms with Crippen molar-refractivity contribution in [1.29, 1.82) is 0 Å². The lowest BCUT2D eigenvalue weighted by Gasteiger charge is -2.17. The summed E-state index contributed by atoms with van der Waals surface area (Å²) in [6.45, 7) is 1.84. The van der Waals surface area contributed by atoms with Crippen molar-refractivity contribution >= 4 is 39.2 Å². The molecule has 1 aromatic rings. The first kappa shape index (κ1) is 11.3. The van der Waals surface area contributed by atoms with Crippen molar-refractivity contribution in [2.24, 2.45) is 0 Å². The molecule has 0 aliphatic carbocycles. The van der Waals surface area contributed by atoms with Gasteiger partial charge in [0.2, 0.25) is 0 Å². The molecule has 0 aliphatic heterocycles. The van der Waals surface area contributed by atoms with E-state index in [1.807, 2.05) is 6.92 Å². The average molecular weight is 258 g/mol. The molecule has 0 saturated carbocycles. The lowest BCUT2D eigenvalue weighted by molar-refractivity contribution is 0.627. The molecule has 1 aromatic carbocycles. The molecule has 0 saturated heterocycles. The second-order valence-electron chi connectivity index (χ2n) is 2.81. The van der Waals surface area contributed by atoms with Crippen LogP contribution in [0.2, 0.25) is 0 Å². The summed E-state index contributed by atoms with van der Waals surface area (Å²) < 4.78 is 12.6. The van der Waals surface area contributed by atoms with Crippen LogP contribution in [0.5, 0.6) is 0 Å². The van der Waals surface area contributed by atoms with Crippen LogP contribution in [0.25, 0.3) is 0 Å². The van der Waals surface area contributed by atoms with Crippen molar-refractivity contribution in [2.45, 2.75) is 12.5 Å². The van der Waals surface area contributed by atoms with Crippen molar-refractivity contribution in [3.63, 3.8) is 0 Å². The molecule has 0 amide bonds. The largest absolute Gasteiger partial charge is 0.348 e. The number of hydrogen-bond acceptors (Lipinski definition) is 0. The number of hydrogen-bond donors (Lipinski definition) is 0. The van der Waals surface area contributed by atoms with Gasteiger partial charge in [-0.2, -0.15) is 0 Å². The van der Waals surface area contributed by atoms with Crippen molar-refractivity contribution in [1.82, 2.24) is 0 Å². The van der Waals surface area contributed by atoms with Crippen LogP contribution >= 0.6 is 33.2 Å². The van der Waals surface area contributed by atoms with E-state index in [2.05, 4.69) is 0 Å². The molecule has 0 unspecified atom stereocenters. The monoisotopic (exact) mass is 256 g/mol. The molecule has 5 heteroatoms. The third-order valence-corrected chi connectivity index (χ3v) is 6.12. The van der Waals surface area contributed by atoms with E-state index < -0.39 is 6.00 Å². The van der Waals surface area contributed by atoms with Gasteiger partial charge in [-0.05, 0) is 17.7 Å². The minimum Gasteiger partial charge on any atom is -0.207 e. The summed E-state index contributed by atoms with van der Waals surface area (Å²) in [5, 5.41) is 0. The minimum absolute atomic E-state index is 0.113. The molecule has 0 aromatic heterocycles. The molecule has 0 aliphatic rings. The molecule has 0 heterocycles. The number of rotatable bonds is 2. The maximum Gasteiger partial charge on any atom is 0.348 e. The quantitative estimate of drug-likeness (QED) is 0.552. The van der Waals surface area contributed by atoms with Crippen LogP contribution in [0.1, 0.15) is 18.0 Å². The van der Waals surface area contributed by atoms with Crippen LogP contribution < -0.4 is 0 Å². The van der Waals surface area contributed by atoms with Crippen molar-refractivity contribution in [2.75, 3.05) is 0 Å². The van der Waals surface area contributed by atoms with Crippen LogP contribution in [-0.2, 0) is 0 Å². The van der Waals surface area contributed by atoms with Crippen molar-refractivity contribution < 1.29 is 4.39 Å². The zero-order valence-electron chi connectivity index (χ0n) is 6.90. The summed E-state index contributed by atoms with van der Waals surface area (Å²) in [4.78, 5) is 0. The van der Waals surface area contributed by atoms with E-state index in [1.165, 1.54) is 12.1 Å². The van der Waals surface area contributed by atoms with Gasteiger partial charge in [0.15, 0.2) is 0 Å². The maximum atomic E-state index is 12.6. The van der Waals surface area contributed by atoms with E-state index in [0.717, 1.165) is 5.56 Å². The van der Waals surface area contributed by atoms with Crippen LogP contribution in [-0.4, -0.2) is 6.00 Å². The average Bonchev–Trinajstić information content (AvgIpc) is 2.03. The van der Waals surface area contributed by atoms with Crippen LogP contribution in [0, 0.1) is 5.82 Å². The highest BCUT2D eigenvalue weighted by Crippen LogP contribution is 2.36. The standard InChI is InChI=1S/C8H8Cl3FSi/c1-6(13(9,10)11)7-2-4-8(12)5-3-7/h2-6H,1H3/t6-/m0/s1. The molecule has 0 nitrogen and oxygen atoms in total.